The third kappa shape index (κ3) is 1.73. The number of rotatable bonds is 3. The summed E-state index contributed by atoms with van der Waals surface area (Å²) in [6, 6.07) is 0.167. The van der Waals surface area contributed by atoms with Gasteiger partial charge in [-0.3, -0.25) is 0 Å². The first-order valence-electron chi connectivity index (χ1n) is 5.29. The Morgan fingerprint density at radius 1 is 1.46 bits per heavy atom. The Hall–Kier alpha value is -0.120. The first kappa shape index (κ1) is 9.44. The molecule has 1 aliphatic heterocycles. The minimum atomic E-state index is -0.302. The Morgan fingerprint density at radius 3 is 2.62 bits per heavy atom. The molecule has 2 unspecified atom stereocenters. The van der Waals surface area contributed by atoms with Crippen LogP contribution in [0.3, 0.4) is 0 Å². The molecule has 0 spiro atoms. The average molecular weight is 185 g/mol. The van der Waals surface area contributed by atoms with Crippen LogP contribution in [0.25, 0.3) is 0 Å². The van der Waals surface area contributed by atoms with Crippen molar-refractivity contribution < 1.29 is 9.84 Å². The quantitative estimate of drug-likeness (QED) is 0.679. The van der Waals surface area contributed by atoms with Crippen molar-refractivity contribution in [3.63, 3.8) is 0 Å². The van der Waals surface area contributed by atoms with Crippen molar-refractivity contribution in [1.29, 1.82) is 0 Å². The summed E-state index contributed by atoms with van der Waals surface area (Å²) in [6.45, 7) is 3.38. The van der Waals surface area contributed by atoms with Crippen molar-refractivity contribution in [3.05, 3.63) is 0 Å². The Balaban J connectivity index is 1.88. The summed E-state index contributed by atoms with van der Waals surface area (Å²) < 4.78 is 5.22. The highest BCUT2D eigenvalue weighted by Crippen LogP contribution is 2.35. The molecule has 2 aliphatic rings. The van der Waals surface area contributed by atoms with E-state index in [4.69, 9.17) is 4.74 Å². The second-order valence-corrected chi connectivity index (χ2v) is 4.34. The van der Waals surface area contributed by atoms with E-state index in [0.717, 1.165) is 6.42 Å². The van der Waals surface area contributed by atoms with E-state index < -0.39 is 0 Å². The monoisotopic (exact) mass is 185 g/mol. The maximum atomic E-state index is 9.58. The smallest absolute Gasteiger partial charge is 0.0948 e. The predicted octanol–water partition coefficient (Wildman–Crippen LogP) is 0.668. The molecule has 0 aromatic rings. The van der Waals surface area contributed by atoms with Gasteiger partial charge >= 0.3 is 0 Å². The summed E-state index contributed by atoms with van der Waals surface area (Å²) in [4.78, 5) is 0. The Labute approximate surface area is 79.5 Å². The highest BCUT2D eigenvalue weighted by molar-refractivity contribution is 4.99. The normalized spacial score (nSPS) is 37.4. The maximum absolute atomic E-state index is 9.58. The number of aliphatic hydroxyl groups excluding tert-OH is 1. The molecule has 2 N–H and O–H groups in total. The van der Waals surface area contributed by atoms with Gasteiger partial charge in [0.25, 0.3) is 0 Å². The van der Waals surface area contributed by atoms with E-state index in [1.165, 1.54) is 19.3 Å². The van der Waals surface area contributed by atoms with Crippen molar-refractivity contribution >= 4 is 0 Å². The lowest BCUT2D eigenvalue weighted by Crippen LogP contribution is -2.57. The number of aliphatic hydroxyl groups is 1. The van der Waals surface area contributed by atoms with Crippen LogP contribution in [0.4, 0.5) is 0 Å². The van der Waals surface area contributed by atoms with Crippen molar-refractivity contribution in [2.45, 2.75) is 50.3 Å². The second-order valence-electron chi connectivity index (χ2n) is 4.34. The molecule has 3 heteroatoms. The highest BCUT2D eigenvalue weighted by atomic mass is 16.5. The van der Waals surface area contributed by atoms with Crippen LogP contribution in [0.5, 0.6) is 0 Å². The van der Waals surface area contributed by atoms with E-state index in [2.05, 4.69) is 12.2 Å². The molecule has 0 aromatic heterocycles. The van der Waals surface area contributed by atoms with Crippen LogP contribution in [0, 0.1) is 0 Å². The van der Waals surface area contributed by atoms with Crippen LogP contribution in [0.15, 0.2) is 0 Å². The molecule has 0 radical (unpaired) electrons. The van der Waals surface area contributed by atoms with Gasteiger partial charge in [-0.1, -0.05) is 6.92 Å². The third-order valence-electron chi connectivity index (χ3n) is 3.53. The molecule has 1 saturated carbocycles. The van der Waals surface area contributed by atoms with Gasteiger partial charge in [0.1, 0.15) is 0 Å². The van der Waals surface area contributed by atoms with Crippen LogP contribution >= 0.6 is 0 Å². The van der Waals surface area contributed by atoms with Crippen molar-refractivity contribution in [1.82, 2.24) is 5.32 Å². The van der Waals surface area contributed by atoms with Crippen molar-refractivity contribution in [3.8, 4) is 0 Å². The van der Waals surface area contributed by atoms with Crippen LogP contribution in [0.1, 0.15) is 32.6 Å². The van der Waals surface area contributed by atoms with Gasteiger partial charge < -0.3 is 15.2 Å². The molecule has 0 bridgehead atoms. The fraction of sp³-hybridized carbons (Fsp3) is 1.00. The Morgan fingerprint density at radius 2 is 2.23 bits per heavy atom. The minimum absolute atomic E-state index is 0.167. The maximum Gasteiger partial charge on any atom is 0.0948 e. The molecular weight excluding hydrogens is 166 g/mol. The SMILES string of the molecule is CCC1(NC2COCC2O)CCC1. The van der Waals surface area contributed by atoms with Gasteiger partial charge in [-0.15, -0.1) is 0 Å². The number of ether oxygens (including phenoxy) is 1. The summed E-state index contributed by atoms with van der Waals surface area (Å²) in [5.41, 5.74) is 0.319. The van der Waals surface area contributed by atoms with Gasteiger partial charge in [-0.25, -0.2) is 0 Å². The predicted molar refractivity (Wildman–Crippen MR) is 50.6 cm³/mol. The van der Waals surface area contributed by atoms with Crippen LogP contribution in [-0.2, 0) is 4.74 Å². The van der Waals surface area contributed by atoms with Gasteiger partial charge in [-0.05, 0) is 25.7 Å². The fourth-order valence-electron chi connectivity index (χ4n) is 2.28. The molecule has 3 nitrogen and oxygen atoms in total. The van der Waals surface area contributed by atoms with Crippen LogP contribution in [-0.4, -0.2) is 36.0 Å². The summed E-state index contributed by atoms with van der Waals surface area (Å²) >= 11 is 0. The largest absolute Gasteiger partial charge is 0.389 e. The summed E-state index contributed by atoms with van der Waals surface area (Å²) in [6.07, 6.45) is 4.70. The molecule has 76 valence electrons. The van der Waals surface area contributed by atoms with E-state index in [-0.39, 0.29) is 12.1 Å². The molecule has 1 saturated heterocycles. The first-order valence-corrected chi connectivity index (χ1v) is 5.29. The molecule has 2 atom stereocenters. The van der Waals surface area contributed by atoms with Crippen LogP contribution < -0.4 is 5.32 Å². The molecule has 1 aliphatic carbocycles. The van der Waals surface area contributed by atoms with Crippen LogP contribution in [0.2, 0.25) is 0 Å². The molecule has 2 fully saturated rings. The summed E-state index contributed by atoms with van der Waals surface area (Å²) in [7, 11) is 0. The number of hydrogen-bond donors (Lipinski definition) is 2. The molecule has 2 rings (SSSR count). The van der Waals surface area contributed by atoms with Gasteiger partial charge in [0.15, 0.2) is 0 Å². The van der Waals surface area contributed by atoms with E-state index >= 15 is 0 Å². The molecule has 0 amide bonds. The topological polar surface area (TPSA) is 41.5 Å². The molecular formula is C10H19NO2. The lowest BCUT2D eigenvalue weighted by atomic mass is 9.74. The summed E-state index contributed by atoms with van der Waals surface area (Å²) in [5, 5.41) is 13.1. The second kappa shape index (κ2) is 3.56. The van der Waals surface area contributed by atoms with Gasteiger partial charge in [0, 0.05) is 5.54 Å². The minimum Gasteiger partial charge on any atom is -0.389 e. The zero-order chi connectivity index (χ0) is 9.31. The van der Waals surface area contributed by atoms with Crippen molar-refractivity contribution in [2.75, 3.05) is 13.2 Å². The van der Waals surface area contributed by atoms with E-state index in [0.29, 0.717) is 18.8 Å². The molecule has 0 aromatic carbocycles. The fourth-order valence-corrected chi connectivity index (χ4v) is 2.28. The van der Waals surface area contributed by atoms with E-state index in [1.54, 1.807) is 0 Å². The standard InChI is InChI=1S/C10H19NO2/c1-2-10(4-3-5-10)11-8-6-13-7-9(8)12/h8-9,11-12H,2-7H2,1H3. The zero-order valence-corrected chi connectivity index (χ0v) is 8.25. The Kier molecular flexibility index (Phi) is 2.58. The van der Waals surface area contributed by atoms with Gasteiger partial charge in [-0.2, -0.15) is 0 Å². The average Bonchev–Trinajstić information content (AvgIpc) is 2.44. The molecule has 13 heavy (non-hydrogen) atoms. The lowest BCUT2D eigenvalue weighted by Gasteiger charge is -2.44. The number of hydrogen-bond acceptors (Lipinski definition) is 3. The molecule has 1 heterocycles. The lowest BCUT2D eigenvalue weighted by molar-refractivity contribution is 0.0976. The summed E-state index contributed by atoms with van der Waals surface area (Å²) in [5.74, 6) is 0. The zero-order valence-electron chi connectivity index (χ0n) is 8.25. The van der Waals surface area contributed by atoms with Gasteiger partial charge in [0.2, 0.25) is 0 Å². The highest BCUT2D eigenvalue weighted by Gasteiger charge is 2.39. The van der Waals surface area contributed by atoms with E-state index in [1.807, 2.05) is 0 Å². The van der Waals surface area contributed by atoms with E-state index in [9.17, 15) is 5.11 Å². The van der Waals surface area contributed by atoms with Gasteiger partial charge in [0.05, 0.1) is 25.4 Å². The van der Waals surface area contributed by atoms with Crippen molar-refractivity contribution in [2.24, 2.45) is 0 Å². The first-order chi connectivity index (χ1) is 6.26. The third-order valence-corrected chi connectivity index (χ3v) is 3.53. The number of nitrogens with one attached hydrogen (secondary N) is 1. The Bertz CT molecular complexity index is 174.